The molecule has 1 unspecified atom stereocenters. The Balaban J connectivity index is 2.28. The van der Waals surface area contributed by atoms with E-state index in [0.29, 0.717) is 5.92 Å². The molecule has 88 valence electrons. The Kier molecular flexibility index (Phi) is 3.51. The number of hydrogen-bond acceptors (Lipinski definition) is 4. The highest BCUT2D eigenvalue weighted by atomic mass is 16.5. The van der Waals surface area contributed by atoms with Crippen molar-refractivity contribution in [1.29, 1.82) is 0 Å². The number of nitrogens with zero attached hydrogens (tertiary/aromatic N) is 2. The first-order valence-electron chi connectivity index (χ1n) is 5.78. The molecule has 1 aromatic heterocycles. The highest BCUT2D eigenvalue weighted by Crippen LogP contribution is 2.23. The zero-order valence-electron chi connectivity index (χ0n) is 10.2. The minimum Gasteiger partial charge on any atom is -0.381 e. The number of nitrogens with one attached hydrogen (secondary N) is 1. The fraction of sp³-hybridized carbons (Fsp3) is 0.667. The Labute approximate surface area is 96.4 Å². The zero-order chi connectivity index (χ0) is 11.5. The molecule has 4 heteroatoms. The van der Waals surface area contributed by atoms with Gasteiger partial charge in [-0.15, -0.1) is 0 Å². The van der Waals surface area contributed by atoms with Crippen molar-refractivity contribution >= 4 is 0 Å². The summed E-state index contributed by atoms with van der Waals surface area (Å²) in [5, 5.41) is 3.15. The molecule has 1 saturated heterocycles. The molecular weight excluding hydrogens is 202 g/mol. The Bertz CT molecular complexity index is 350. The Morgan fingerprint density at radius 3 is 2.50 bits per heavy atom. The van der Waals surface area contributed by atoms with Crippen LogP contribution < -0.4 is 5.32 Å². The van der Waals surface area contributed by atoms with Gasteiger partial charge in [-0.05, 0) is 27.3 Å². The lowest BCUT2D eigenvalue weighted by molar-refractivity contribution is 0.193. The number of aromatic nitrogens is 2. The summed E-state index contributed by atoms with van der Waals surface area (Å²) in [7, 11) is 1.94. The van der Waals surface area contributed by atoms with Crippen LogP contribution in [0.1, 0.15) is 35.1 Å². The molecule has 1 N–H and O–H groups in total. The summed E-state index contributed by atoms with van der Waals surface area (Å²) in [6.07, 6.45) is 1.05. The summed E-state index contributed by atoms with van der Waals surface area (Å²) in [6, 6.07) is 0. The molecule has 1 aliphatic rings. The molecule has 0 aliphatic carbocycles. The van der Waals surface area contributed by atoms with Gasteiger partial charge in [-0.1, -0.05) is 0 Å². The molecule has 0 amide bonds. The molecule has 1 aliphatic heterocycles. The Morgan fingerprint density at radius 2 is 2.00 bits per heavy atom. The van der Waals surface area contributed by atoms with Gasteiger partial charge in [-0.3, -0.25) is 0 Å². The van der Waals surface area contributed by atoms with Crippen LogP contribution in [0.25, 0.3) is 0 Å². The molecule has 1 aromatic rings. The van der Waals surface area contributed by atoms with Crippen LogP contribution in [0.4, 0.5) is 0 Å². The Hall–Kier alpha value is -1.00. The fourth-order valence-electron chi connectivity index (χ4n) is 2.12. The second kappa shape index (κ2) is 4.89. The van der Waals surface area contributed by atoms with Gasteiger partial charge in [0.05, 0.1) is 6.61 Å². The maximum atomic E-state index is 5.38. The van der Waals surface area contributed by atoms with Gasteiger partial charge < -0.3 is 10.1 Å². The predicted molar refractivity (Wildman–Crippen MR) is 62.4 cm³/mol. The number of hydrogen-bond donors (Lipinski definition) is 1. The minimum absolute atomic E-state index is 0.390. The highest BCUT2D eigenvalue weighted by Gasteiger charge is 2.21. The molecule has 2 heterocycles. The van der Waals surface area contributed by atoms with E-state index in [0.717, 1.165) is 43.4 Å². The Morgan fingerprint density at radius 1 is 1.31 bits per heavy atom. The first-order valence-corrected chi connectivity index (χ1v) is 5.78. The largest absolute Gasteiger partial charge is 0.381 e. The van der Waals surface area contributed by atoms with Crippen molar-refractivity contribution in [3.05, 3.63) is 22.8 Å². The molecule has 1 fully saturated rings. The van der Waals surface area contributed by atoms with Crippen LogP contribution >= 0.6 is 0 Å². The van der Waals surface area contributed by atoms with E-state index in [2.05, 4.69) is 29.1 Å². The van der Waals surface area contributed by atoms with E-state index in [1.165, 1.54) is 5.56 Å². The minimum atomic E-state index is 0.390. The van der Waals surface area contributed by atoms with E-state index in [-0.39, 0.29) is 0 Å². The van der Waals surface area contributed by atoms with Crippen molar-refractivity contribution in [3.63, 3.8) is 0 Å². The molecule has 0 saturated carbocycles. The number of rotatable bonds is 3. The van der Waals surface area contributed by atoms with E-state index >= 15 is 0 Å². The molecule has 0 bridgehead atoms. The molecule has 0 radical (unpaired) electrons. The highest BCUT2D eigenvalue weighted by molar-refractivity contribution is 5.25. The number of ether oxygens (including phenoxy) is 1. The van der Waals surface area contributed by atoms with E-state index in [4.69, 9.17) is 4.74 Å². The second-order valence-electron chi connectivity index (χ2n) is 4.32. The summed E-state index contributed by atoms with van der Waals surface area (Å²) in [4.78, 5) is 9.21. The van der Waals surface area contributed by atoms with Gasteiger partial charge in [0, 0.05) is 36.0 Å². The lowest BCUT2D eigenvalue weighted by Gasteiger charge is -2.13. The van der Waals surface area contributed by atoms with Crippen LogP contribution in [-0.2, 0) is 11.3 Å². The quantitative estimate of drug-likeness (QED) is 0.836. The van der Waals surface area contributed by atoms with Crippen molar-refractivity contribution in [2.45, 2.75) is 32.7 Å². The molecular formula is C12H19N3O. The lowest BCUT2D eigenvalue weighted by atomic mass is 10.1. The third-order valence-electron chi connectivity index (χ3n) is 3.09. The van der Waals surface area contributed by atoms with Crippen LogP contribution in [-0.4, -0.2) is 30.2 Å². The smallest absolute Gasteiger partial charge is 0.134 e. The van der Waals surface area contributed by atoms with Gasteiger partial charge >= 0.3 is 0 Å². The van der Waals surface area contributed by atoms with Crippen LogP contribution in [0.3, 0.4) is 0 Å². The van der Waals surface area contributed by atoms with Crippen molar-refractivity contribution in [2.24, 2.45) is 0 Å². The molecule has 4 nitrogen and oxygen atoms in total. The average Bonchev–Trinajstić information content (AvgIpc) is 2.76. The fourth-order valence-corrected chi connectivity index (χ4v) is 2.12. The van der Waals surface area contributed by atoms with Crippen LogP contribution in [0.15, 0.2) is 0 Å². The van der Waals surface area contributed by atoms with Crippen molar-refractivity contribution in [1.82, 2.24) is 15.3 Å². The average molecular weight is 221 g/mol. The van der Waals surface area contributed by atoms with Gasteiger partial charge in [-0.2, -0.15) is 0 Å². The van der Waals surface area contributed by atoms with E-state index in [1.54, 1.807) is 0 Å². The van der Waals surface area contributed by atoms with E-state index in [1.807, 2.05) is 7.05 Å². The van der Waals surface area contributed by atoms with Gasteiger partial charge in [0.25, 0.3) is 0 Å². The van der Waals surface area contributed by atoms with Crippen molar-refractivity contribution in [3.8, 4) is 0 Å². The first kappa shape index (κ1) is 11.5. The first-order chi connectivity index (χ1) is 7.72. The summed E-state index contributed by atoms with van der Waals surface area (Å²) in [6.45, 7) is 6.55. The third kappa shape index (κ3) is 2.23. The summed E-state index contributed by atoms with van der Waals surface area (Å²) >= 11 is 0. The zero-order valence-corrected chi connectivity index (χ0v) is 10.2. The standard InChI is InChI=1S/C12H19N3O/c1-8-11(6-13-3)9(2)15-12(14-8)10-4-5-16-7-10/h10,13H,4-7H2,1-3H3. The van der Waals surface area contributed by atoms with Gasteiger partial charge in [-0.25, -0.2) is 9.97 Å². The monoisotopic (exact) mass is 221 g/mol. The third-order valence-corrected chi connectivity index (χ3v) is 3.09. The van der Waals surface area contributed by atoms with Crippen molar-refractivity contribution in [2.75, 3.05) is 20.3 Å². The maximum absolute atomic E-state index is 5.38. The van der Waals surface area contributed by atoms with Crippen LogP contribution in [0.5, 0.6) is 0 Å². The topological polar surface area (TPSA) is 47.0 Å². The molecule has 16 heavy (non-hydrogen) atoms. The van der Waals surface area contributed by atoms with E-state index < -0.39 is 0 Å². The molecule has 2 rings (SSSR count). The molecule has 0 aromatic carbocycles. The predicted octanol–water partition coefficient (Wildman–Crippen LogP) is 1.32. The van der Waals surface area contributed by atoms with Gasteiger partial charge in [0.2, 0.25) is 0 Å². The normalized spacial score (nSPS) is 20.3. The molecule has 0 spiro atoms. The summed E-state index contributed by atoms with van der Waals surface area (Å²) < 4.78 is 5.38. The van der Waals surface area contributed by atoms with Crippen LogP contribution in [0.2, 0.25) is 0 Å². The van der Waals surface area contributed by atoms with E-state index in [9.17, 15) is 0 Å². The van der Waals surface area contributed by atoms with Crippen LogP contribution in [0, 0.1) is 13.8 Å². The number of aryl methyl sites for hydroxylation is 2. The maximum Gasteiger partial charge on any atom is 0.134 e. The SMILES string of the molecule is CNCc1c(C)nc(C2CCOC2)nc1C. The van der Waals surface area contributed by atoms with Crippen molar-refractivity contribution < 1.29 is 4.74 Å². The molecule has 1 atom stereocenters. The summed E-state index contributed by atoms with van der Waals surface area (Å²) in [5.41, 5.74) is 3.39. The second-order valence-corrected chi connectivity index (χ2v) is 4.32. The van der Waals surface area contributed by atoms with Gasteiger partial charge in [0.15, 0.2) is 0 Å². The summed E-state index contributed by atoms with van der Waals surface area (Å²) in [5.74, 6) is 1.34. The van der Waals surface area contributed by atoms with Gasteiger partial charge in [0.1, 0.15) is 5.82 Å². The lowest BCUT2D eigenvalue weighted by Crippen LogP contribution is -2.14.